The number of carboxylic acid groups (broad SMARTS) is 1. The number of rotatable bonds is 2. The number of hydrogen-bond donors (Lipinski definition) is 1. The molecule has 222 valence electrons. The Hall–Kier alpha value is -2.89. The van der Waals surface area contributed by atoms with Crippen LogP contribution in [0.25, 0.3) is 12.2 Å². The molecular weight excluding hydrogens is 625 g/mol. The summed E-state index contributed by atoms with van der Waals surface area (Å²) in [5.41, 5.74) is -0.515. The van der Waals surface area contributed by atoms with Gasteiger partial charge in [0.15, 0.2) is 5.78 Å². The fourth-order valence-electron chi connectivity index (χ4n) is 3.97. The molecule has 2 aromatic carbocycles. The Balaban J connectivity index is 0.000000228. The van der Waals surface area contributed by atoms with Gasteiger partial charge >= 0.3 is 18.3 Å². The number of Topliss-reactive ketones (excluding diaryl/α,β-unsaturated/α-hetero) is 1. The van der Waals surface area contributed by atoms with E-state index in [4.69, 9.17) is 49.4 Å². The smallest absolute Gasteiger partial charge is 0.430 e. The predicted octanol–water partition coefficient (Wildman–Crippen LogP) is 8.72. The van der Waals surface area contributed by atoms with Gasteiger partial charge in [-0.15, -0.1) is 0 Å². The molecule has 0 amide bonds. The summed E-state index contributed by atoms with van der Waals surface area (Å²) in [6.45, 7) is 6.80. The molecule has 0 aliphatic carbocycles. The van der Waals surface area contributed by atoms with E-state index in [1.807, 2.05) is 20.8 Å². The highest BCUT2D eigenvalue weighted by atomic mass is 35.5. The Morgan fingerprint density at radius 1 is 0.780 bits per heavy atom. The summed E-state index contributed by atoms with van der Waals surface area (Å²) in [7, 11) is 0. The largest absolute Gasteiger partial charge is 0.478 e. The number of aliphatic carboxylic acids is 1. The molecule has 5 nitrogen and oxygen atoms in total. The minimum atomic E-state index is -4.86. The van der Waals surface area contributed by atoms with Crippen LogP contribution in [0.2, 0.25) is 15.1 Å². The summed E-state index contributed by atoms with van der Waals surface area (Å²) in [5, 5.41) is 9.30. The summed E-state index contributed by atoms with van der Waals surface area (Å²) in [6.07, 6.45) is -12.3. The lowest BCUT2D eigenvalue weighted by atomic mass is 9.85. The third-order valence-electron chi connectivity index (χ3n) is 5.86. The van der Waals surface area contributed by atoms with Crippen molar-refractivity contribution in [3.63, 3.8) is 0 Å². The molecule has 41 heavy (non-hydrogen) atoms. The highest BCUT2D eigenvalue weighted by Crippen LogP contribution is 2.43. The molecule has 0 fully saturated rings. The zero-order chi connectivity index (χ0) is 31.2. The van der Waals surface area contributed by atoms with Crippen LogP contribution in [0.15, 0.2) is 35.4 Å². The second kappa shape index (κ2) is 11.4. The predicted molar refractivity (Wildman–Crippen MR) is 142 cm³/mol. The molecular formula is C27H21Cl3F6O5. The third-order valence-corrected chi connectivity index (χ3v) is 6.67. The van der Waals surface area contributed by atoms with Gasteiger partial charge in [0.2, 0.25) is 12.2 Å². The summed E-state index contributed by atoms with van der Waals surface area (Å²) in [5.74, 6) is -2.55. The number of halogens is 9. The molecule has 4 rings (SSSR count). The molecule has 2 heterocycles. The van der Waals surface area contributed by atoms with Gasteiger partial charge in [-0.1, -0.05) is 55.6 Å². The normalized spacial score (nSPS) is 18.4. The average Bonchev–Trinajstić information content (AvgIpc) is 2.80. The summed E-state index contributed by atoms with van der Waals surface area (Å²) in [6, 6.07) is 5.55. The van der Waals surface area contributed by atoms with Crippen molar-refractivity contribution in [3.8, 4) is 11.5 Å². The molecule has 0 saturated carbocycles. The number of carboxylic acids is 1. The van der Waals surface area contributed by atoms with Crippen molar-refractivity contribution in [1.82, 2.24) is 0 Å². The molecule has 0 radical (unpaired) electrons. The van der Waals surface area contributed by atoms with E-state index in [2.05, 4.69) is 0 Å². The van der Waals surface area contributed by atoms with Crippen LogP contribution in [0.5, 0.6) is 11.5 Å². The van der Waals surface area contributed by atoms with Gasteiger partial charge in [0, 0.05) is 26.7 Å². The molecule has 0 bridgehead atoms. The number of benzene rings is 2. The first-order valence-corrected chi connectivity index (χ1v) is 12.7. The van der Waals surface area contributed by atoms with Crippen molar-refractivity contribution in [2.24, 2.45) is 0 Å². The van der Waals surface area contributed by atoms with Crippen LogP contribution in [0.3, 0.4) is 0 Å². The van der Waals surface area contributed by atoms with Crippen LogP contribution < -0.4 is 9.47 Å². The number of fused-ring (bicyclic) bond motifs is 2. The first-order valence-electron chi connectivity index (χ1n) is 11.6. The van der Waals surface area contributed by atoms with Crippen LogP contribution in [0.1, 0.15) is 44.4 Å². The minimum Gasteiger partial charge on any atom is -0.478 e. The van der Waals surface area contributed by atoms with Gasteiger partial charge in [-0.2, -0.15) is 26.3 Å². The standard InChI is InChI=1S/C16H16ClF3O2.C11H5Cl2F3O3/c1-8(21)10-5-9-6-12(17)11(15(2,3)4)7-13(9)22-14(10)16(18,19)20;12-5-1-4-2-6(10(17)18)9(11(14,15)16)19-8(4)7(13)3-5/h5-7,14H,1-4H3;1-3,9H,(H,17,18)/t14-;9-/m00/s1. The lowest BCUT2D eigenvalue weighted by Crippen LogP contribution is -2.40. The van der Waals surface area contributed by atoms with Crippen LogP contribution in [0.4, 0.5) is 26.3 Å². The van der Waals surface area contributed by atoms with Crippen LogP contribution >= 0.6 is 34.8 Å². The second-order valence-electron chi connectivity index (χ2n) is 10.1. The molecule has 2 aliphatic rings. The van der Waals surface area contributed by atoms with Gasteiger partial charge in [0.25, 0.3) is 0 Å². The van der Waals surface area contributed by atoms with Crippen LogP contribution in [0, 0.1) is 0 Å². The summed E-state index contributed by atoms with van der Waals surface area (Å²) < 4.78 is 87.4. The number of alkyl halides is 6. The third kappa shape index (κ3) is 7.31. The first kappa shape index (κ1) is 32.6. The Morgan fingerprint density at radius 2 is 1.32 bits per heavy atom. The van der Waals surface area contributed by atoms with Gasteiger partial charge in [-0.3, -0.25) is 4.79 Å². The zero-order valence-electron chi connectivity index (χ0n) is 21.6. The molecule has 2 aliphatic heterocycles. The quantitative estimate of drug-likeness (QED) is 0.331. The van der Waals surface area contributed by atoms with Crippen molar-refractivity contribution in [3.05, 3.63) is 67.2 Å². The monoisotopic (exact) mass is 644 g/mol. The van der Waals surface area contributed by atoms with Crippen molar-refractivity contribution >= 4 is 58.7 Å². The number of ether oxygens (including phenoxy) is 2. The van der Waals surface area contributed by atoms with E-state index in [9.17, 15) is 35.9 Å². The van der Waals surface area contributed by atoms with E-state index in [1.54, 1.807) is 0 Å². The number of carbonyl (C=O) groups is 2. The lowest BCUT2D eigenvalue weighted by Gasteiger charge is -2.30. The fraction of sp³-hybridized carbons (Fsp3) is 0.333. The Bertz CT molecular complexity index is 1460. The summed E-state index contributed by atoms with van der Waals surface area (Å²) in [4.78, 5) is 22.4. The maximum atomic E-state index is 13.1. The van der Waals surface area contributed by atoms with Crippen LogP contribution in [-0.4, -0.2) is 41.4 Å². The number of carbonyl (C=O) groups excluding carboxylic acids is 1. The SMILES string of the molecule is CC(=O)C1=Cc2cc(Cl)c(C(C)(C)C)cc2O[C@@H]1C(F)(F)F.O=C(O)C1=Cc2cc(Cl)cc(Cl)c2O[C@@H]1C(F)(F)F. The second-order valence-corrected chi connectivity index (χ2v) is 11.3. The molecule has 2 atom stereocenters. The van der Waals surface area contributed by atoms with Crippen molar-refractivity contribution in [1.29, 1.82) is 0 Å². The molecule has 0 aromatic heterocycles. The van der Waals surface area contributed by atoms with Gasteiger partial charge in [-0.25, -0.2) is 4.79 Å². The molecule has 0 spiro atoms. The maximum absolute atomic E-state index is 13.1. The highest BCUT2D eigenvalue weighted by Gasteiger charge is 2.49. The van der Waals surface area contributed by atoms with Crippen molar-refractivity contribution < 1.29 is 50.5 Å². The van der Waals surface area contributed by atoms with Crippen molar-refractivity contribution in [2.45, 2.75) is 57.7 Å². The topological polar surface area (TPSA) is 72.8 Å². The van der Waals surface area contributed by atoms with E-state index < -0.39 is 47.5 Å². The zero-order valence-corrected chi connectivity index (χ0v) is 23.9. The van der Waals surface area contributed by atoms with E-state index in [0.29, 0.717) is 16.1 Å². The van der Waals surface area contributed by atoms with E-state index >= 15 is 0 Å². The molecule has 0 saturated heterocycles. The fourth-order valence-corrected chi connectivity index (χ4v) is 4.98. The highest BCUT2D eigenvalue weighted by molar-refractivity contribution is 6.36. The van der Waals surface area contributed by atoms with Gasteiger partial charge in [0.1, 0.15) is 11.5 Å². The van der Waals surface area contributed by atoms with Crippen molar-refractivity contribution in [2.75, 3.05) is 0 Å². The van der Waals surface area contributed by atoms with Gasteiger partial charge in [0.05, 0.1) is 10.6 Å². The Labute approximate surface area is 245 Å². The van der Waals surface area contributed by atoms with Gasteiger partial charge < -0.3 is 14.6 Å². The number of ketones is 1. The number of hydrogen-bond acceptors (Lipinski definition) is 4. The molecule has 2 aromatic rings. The molecule has 1 N–H and O–H groups in total. The Morgan fingerprint density at radius 3 is 1.80 bits per heavy atom. The molecule has 14 heteroatoms. The minimum absolute atomic E-state index is 0.0849. The van der Waals surface area contributed by atoms with Gasteiger partial charge in [-0.05, 0) is 54.3 Å². The summed E-state index contributed by atoms with van der Waals surface area (Å²) >= 11 is 17.6. The van der Waals surface area contributed by atoms with Crippen LogP contribution in [-0.2, 0) is 15.0 Å². The van der Waals surface area contributed by atoms with E-state index in [0.717, 1.165) is 13.0 Å². The van der Waals surface area contributed by atoms with E-state index in [-0.39, 0.29) is 32.5 Å². The maximum Gasteiger partial charge on any atom is 0.430 e. The lowest BCUT2D eigenvalue weighted by molar-refractivity contribution is -0.187. The molecule has 0 unspecified atom stereocenters. The first-order chi connectivity index (χ1) is 18.6. The van der Waals surface area contributed by atoms with E-state index in [1.165, 1.54) is 30.3 Å². The Kier molecular flexibility index (Phi) is 9.08. The average molecular weight is 646 g/mol.